The molecule has 0 radical (unpaired) electrons. The zero-order valence-electron chi connectivity index (χ0n) is 17.4. The first kappa shape index (κ1) is 23.2. The SMILES string of the molecule is COc1cc(C=C2C(=O)N(C)C(=S)N(C)C2=O)cc(Cl)c1OCc1ccc(C(=O)O)cc1. The van der Waals surface area contributed by atoms with Gasteiger partial charge in [-0.15, -0.1) is 0 Å². The molecule has 1 aliphatic heterocycles. The molecule has 2 amide bonds. The van der Waals surface area contributed by atoms with Crippen LogP contribution in [0.5, 0.6) is 11.5 Å². The number of rotatable bonds is 6. The topological polar surface area (TPSA) is 96.4 Å². The normalized spacial score (nSPS) is 14.0. The monoisotopic (exact) mass is 474 g/mol. The minimum absolute atomic E-state index is 0.0612. The van der Waals surface area contributed by atoms with Crippen LogP contribution in [0.3, 0.4) is 0 Å². The molecule has 166 valence electrons. The minimum Gasteiger partial charge on any atom is -0.493 e. The van der Waals surface area contributed by atoms with Crippen molar-refractivity contribution in [1.29, 1.82) is 0 Å². The van der Waals surface area contributed by atoms with Gasteiger partial charge in [-0.2, -0.15) is 0 Å². The molecule has 0 aromatic heterocycles. The molecule has 1 heterocycles. The second-order valence-electron chi connectivity index (χ2n) is 6.89. The highest BCUT2D eigenvalue weighted by molar-refractivity contribution is 7.80. The van der Waals surface area contributed by atoms with Crippen LogP contribution in [0, 0.1) is 0 Å². The van der Waals surface area contributed by atoms with Crippen molar-refractivity contribution >= 4 is 52.8 Å². The molecule has 8 nitrogen and oxygen atoms in total. The zero-order chi connectivity index (χ0) is 23.6. The summed E-state index contributed by atoms with van der Waals surface area (Å²) in [6.07, 6.45) is 1.42. The van der Waals surface area contributed by atoms with Crippen molar-refractivity contribution < 1.29 is 29.0 Å². The first-order valence-corrected chi connectivity index (χ1v) is 10.1. The standard InChI is InChI=1S/C22H19ClN2O6S/c1-24-19(26)15(20(27)25(2)22(24)32)8-13-9-16(23)18(17(10-13)30-3)31-11-12-4-6-14(7-5-12)21(28)29/h4-10H,11H2,1-3H3,(H,28,29). The van der Waals surface area contributed by atoms with Crippen LogP contribution in [0.1, 0.15) is 21.5 Å². The molecule has 0 bridgehead atoms. The highest BCUT2D eigenvalue weighted by atomic mass is 35.5. The van der Waals surface area contributed by atoms with E-state index in [4.69, 9.17) is 38.4 Å². The Morgan fingerprint density at radius 1 is 1.12 bits per heavy atom. The number of carboxylic acid groups (broad SMARTS) is 1. The third-order valence-electron chi connectivity index (χ3n) is 4.79. The van der Waals surface area contributed by atoms with Gasteiger partial charge < -0.3 is 14.6 Å². The number of carbonyl (C=O) groups excluding carboxylic acids is 2. The molecular weight excluding hydrogens is 456 g/mol. The number of halogens is 1. The molecule has 2 aromatic carbocycles. The summed E-state index contributed by atoms with van der Waals surface area (Å²) < 4.78 is 11.2. The van der Waals surface area contributed by atoms with Crippen molar-refractivity contribution in [3.63, 3.8) is 0 Å². The molecule has 1 N–H and O–H groups in total. The lowest BCUT2D eigenvalue weighted by Gasteiger charge is -2.31. The first-order chi connectivity index (χ1) is 15.1. The summed E-state index contributed by atoms with van der Waals surface area (Å²) in [7, 11) is 4.43. The number of ether oxygens (including phenoxy) is 2. The van der Waals surface area contributed by atoms with E-state index in [1.807, 2.05) is 0 Å². The van der Waals surface area contributed by atoms with E-state index in [-0.39, 0.29) is 33.6 Å². The van der Waals surface area contributed by atoms with Crippen LogP contribution in [0.2, 0.25) is 5.02 Å². The zero-order valence-corrected chi connectivity index (χ0v) is 19.0. The molecule has 10 heteroatoms. The van der Waals surface area contributed by atoms with Crippen molar-refractivity contribution in [3.05, 3.63) is 63.7 Å². The van der Waals surface area contributed by atoms with E-state index in [1.165, 1.54) is 49.2 Å². The molecule has 1 fully saturated rings. The van der Waals surface area contributed by atoms with Gasteiger partial charge in [-0.25, -0.2) is 4.79 Å². The van der Waals surface area contributed by atoms with Gasteiger partial charge in [0, 0.05) is 14.1 Å². The summed E-state index contributed by atoms with van der Waals surface area (Å²) in [4.78, 5) is 38.4. The average Bonchev–Trinajstić information content (AvgIpc) is 2.78. The molecule has 0 atom stereocenters. The molecular formula is C22H19ClN2O6S. The average molecular weight is 475 g/mol. The van der Waals surface area contributed by atoms with Crippen LogP contribution in [0.4, 0.5) is 0 Å². The number of likely N-dealkylation sites (N-methyl/N-ethyl adjacent to an activating group) is 2. The van der Waals surface area contributed by atoms with Gasteiger partial charge in [-0.3, -0.25) is 19.4 Å². The molecule has 1 aliphatic rings. The molecule has 0 aliphatic carbocycles. The lowest BCUT2D eigenvalue weighted by Crippen LogP contribution is -2.52. The predicted octanol–water partition coefficient (Wildman–Crippen LogP) is 3.22. The molecule has 32 heavy (non-hydrogen) atoms. The van der Waals surface area contributed by atoms with Crippen LogP contribution in [0.25, 0.3) is 6.08 Å². The maximum absolute atomic E-state index is 12.5. The van der Waals surface area contributed by atoms with Gasteiger partial charge in [-0.1, -0.05) is 23.7 Å². The fraction of sp³-hybridized carbons (Fsp3) is 0.182. The number of aromatic carboxylic acids is 1. The van der Waals surface area contributed by atoms with Gasteiger partial charge in [0.1, 0.15) is 12.2 Å². The Hall–Kier alpha value is -3.43. The van der Waals surface area contributed by atoms with E-state index in [2.05, 4.69) is 0 Å². The van der Waals surface area contributed by atoms with Gasteiger partial charge >= 0.3 is 5.97 Å². The van der Waals surface area contributed by atoms with Crippen molar-refractivity contribution in [3.8, 4) is 11.5 Å². The summed E-state index contributed by atoms with van der Waals surface area (Å²) in [6, 6.07) is 9.38. The number of thiocarbonyl (C=S) groups is 1. The van der Waals surface area contributed by atoms with Crippen molar-refractivity contribution in [1.82, 2.24) is 9.80 Å². The number of carbonyl (C=O) groups is 3. The Bertz CT molecular complexity index is 1120. The van der Waals surface area contributed by atoms with E-state index in [0.717, 1.165) is 5.56 Å². The Labute approximate surface area is 194 Å². The number of nitrogens with zero attached hydrogens (tertiary/aromatic N) is 2. The molecule has 2 aromatic rings. The van der Waals surface area contributed by atoms with Gasteiger partial charge in [0.2, 0.25) is 0 Å². The quantitative estimate of drug-likeness (QED) is 0.390. The van der Waals surface area contributed by atoms with E-state index in [1.54, 1.807) is 24.3 Å². The molecule has 0 saturated carbocycles. The largest absolute Gasteiger partial charge is 0.493 e. The number of benzene rings is 2. The second-order valence-corrected chi connectivity index (χ2v) is 7.67. The first-order valence-electron chi connectivity index (χ1n) is 9.28. The molecule has 1 saturated heterocycles. The van der Waals surface area contributed by atoms with Gasteiger partial charge in [0.05, 0.1) is 17.7 Å². The molecule has 3 rings (SSSR count). The van der Waals surface area contributed by atoms with Crippen LogP contribution in [-0.2, 0) is 16.2 Å². The third kappa shape index (κ3) is 4.58. The maximum atomic E-state index is 12.5. The van der Waals surface area contributed by atoms with Crippen LogP contribution in [-0.4, -0.2) is 59.0 Å². The molecule has 0 spiro atoms. The fourth-order valence-corrected chi connectivity index (χ4v) is 3.44. The Kier molecular flexibility index (Phi) is 6.81. The van der Waals surface area contributed by atoms with Crippen LogP contribution in [0.15, 0.2) is 42.0 Å². The minimum atomic E-state index is -1.01. The number of hydrogen-bond acceptors (Lipinski definition) is 6. The van der Waals surface area contributed by atoms with E-state index in [9.17, 15) is 14.4 Å². The van der Waals surface area contributed by atoms with Crippen molar-refractivity contribution in [2.24, 2.45) is 0 Å². The van der Waals surface area contributed by atoms with E-state index >= 15 is 0 Å². The van der Waals surface area contributed by atoms with E-state index < -0.39 is 17.8 Å². The maximum Gasteiger partial charge on any atom is 0.335 e. The van der Waals surface area contributed by atoms with E-state index in [0.29, 0.717) is 11.3 Å². The Morgan fingerprint density at radius 2 is 1.72 bits per heavy atom. The van der Waals surface area contributed by atoms with Gasteiger partial charge in [-0.05, 0) is 53.7 Å². The summed E-state index contributed by atoms with van der Waals surface area (Å²) in [5, 5.41) is 9.32. The summed E-state index contributed by atoms with van der Waals surface area (Å²) >= 11 is 11.5. The summed E-state index contributed by atoms with van der Waals surface area (Å²) in [5.74, 6) is -1.47. The highest BCUT2D eigenvalue weighted by Crippen LogP contribution is 2.38. The van der Waals surface area contributed by atoms with Gasteiger partial charge in [0.25, 0.3) is 11.8 Å². The smallest absolute Gasteiger partial charge is 0.335 e. The number of hydrogen-bond donors (Lipinski definition) is 1. The highest BCUT2D eigenvalue weighted by Gasteiger charge is 2.35. The third-order valence-corrected chi connectivity index (χ3v) is 5.62. The van der Waals surface area contributed by atoms with Crippen molar-refractivity contribution in [2.45, 2.75) is 6.61 Å². The summed E-state index contributed by atoms with van der Waals surface area (Å²) in [6.45, 7) is 0.125. The fourth-order valence-electron chi connectivity index (χ4n) is 3.00. The Morgan fingerprint density at radius 3 is 2.25 bits per heavy atom. The lowest BCUT2D eigenvalue weighted by atomic mass is 10.1. The van der Waals surface area contributed by atoms with Crippen LogP contribution < -0.4 is 9.47 Å². The van der Waals surface area contributed by atoms with Crippen LogP contribution >= 0.6 is 23.8 Å². The number of carboxylic acids is 1. The second kappa shape index (κ2) is 9.37. The number of methoxy groups -OCH3 is 1. The Balaban J connectivity index is 1.87. The summed E-state index contributed by atoms with van der Waals surface area (Å²) in [5.41, 5.74) is 1.32. The van der Waals surface area contributed by atoms with Crippen molar-refractivity contribution in [2.75, 3.05) is 21.2 Å². The lowest BCUT2D eigenvalue weighted by molar-refractivity contribution is -0.132. The predicted molar refractivity (Wildman–Crippen MR) is 122 cm³/mol. The number of amides is 2. The molecule has 0 unspecified atom stereocenters. The van der Waals surface area contributed by atoms with Gasteiger partial charge in [0.15, 0.2) is 16.6 Å².